The Labute approximate surface area is 157 Å². The summed E-state index contributed by atoms with van der Waals surface area (Å²) in [6.45, 7) is 13.5. The molecule has 4 nitrogen and oxygen atoms in total. The van der Waals surface area contributed by atoms with Gasteiger partial charge in [-0.25, -0.2) is 4.39 Å². The maximum atomic E-state index is 13.7. The van der Waals surface area contributed by atoms with Crippen LogP contribution in [0.1, 0.15) is 32.3 Å². The Kier molecular flexibility index (Phi) is 6.63. The van der Waals surface area contributed by atoms with Gasteiger partial charge in [-0.1, -0.05) is 32.9 Å². The quantitative estimate of drug-likeness (QED) is 0.551. The molecule has 2 rings (SSSR count). The van der Waals surface area contributed by atoms with Crippen LogP contribution in [0, 0.1) is 11.7 Å². The minimum atomic E-state index is -1.86. The molecular weight excluding hydrogens is 349 g/mol. The molecule has 1 saturated heterocycles. The van der Waals surface area contributed by atoms with E-state index in [0.29, 0.717) is 13.2 Å². The molecule has 26 heavy (non-hydrogen) atoms. The molecule has 0 spiro atoms. The Morgan fingerprint density at radius 3 is 2.58 bits per heavy atom. The summed E-state index contributed by atoms with van der Waals surface area (Å²) in [6, 6.07) is 6.78. The zero-order valence-electron chi connectivity index (χ0n) is 16.8. The van der Waals surface area contributed by atoms with Crippen LogP contribution in [0.4, 0.5) is 4.39 Å². The van der Waals surface area contributed by atoms with Gasteiger partial charge in [0.05, 0.1) is 13.7 Å². The van der Waals surface area contributed by atoms with E-state index in [1.807, 2.05) is 6.07 Å². The van der Waals surface area contributed by atoms with E-state index in [1.54, 1.807) is 12.1 Å². The fourth-order valence-electron chi connectivity index (χ4n) is 3.15. The van der Waals surface area contributed by atoms with E-state index in [4.69, 9.17) is 9.16 Å². The third-order valence-electron chi connectivity index (χ3n) is 5.84. The van der Waals surface area contributed by atoms with Crippen molar-refractivity contribution in [1.82, 2.24) is 4.90 Å². The molecule has 0 unspecified atom stereocenters. The first-order valence-corrected chi connectivity index (χ1v) is 12.1. The van der Waals surface area contributed by atoms with Crippen molar-refractivity contribution in [3.8, 4) is 0 Å². The largest absolute Gasteiger partial charge is 0.468 e. The molecule has 1 aliphatic heterocycles. The second kappa shape index (κ2) is 8.19. The fourth-order valence-corrected chi connectivity index (χ4v) is 4.22. The Hall–Kier alpha value is -1.24. The lowest BCUT2D eigenvalue weighted by molar-refractivity contribution is -0.141. The molecule has 0 saturated carbocycles. The number of carbonyl (C=O) groups excluding carboxylic acids is 1. The van der Waals surface area contributed by atoms with Gasteiger partial charge in [-0.3, -0.25) is 9.69 Å². The molecule has 1 aromatic rings. The molecular formula is C20H32FNO3Si. The van der Waals surface area contributed by atoms with E-state index >= 15 is 0 Å². The number of ether oxygens (including phenoxy) is 1. The van der Waals surface area contributed by atoms with Gasteiger partial charge in [0, 0.05) is 31.5 Å². The minimum absolute atomic E-state index is 0.145. The number of rotatable bonds is 6. The van der Waals surface area contributed by atoms with Gasteiger partial charge in [0.25, 0.3) is 0 Å². The summed E-state index contributed by atoms with van der Waals surface area (Å²) in [6.07, 6.45) is 0. The molecule has 2 atom stereocenters. The van der Waals surface area contributed by atoms with Crippen LogP contribution in [-0.4, -0.2) is 52.5 Å². The van der Waals surface area contributed by atoms with E-state index < -0.39 is 8.32 Å². The number of benzene rings is 1. The summed E-state index contributed by atoms with van der Waals surface area (Å²) in [5.74, 6) is -0.0809. The highest BCUT2D eigenvalue weighted by Crippen LogP contribution is 2.39. The predicted octanol–water partition coefficient (Wildman–Crippen LogP) is 4.04. The van der Waals surface area contributed by atoms with Crippen LogP contribution in [0.3, 0.4) is 0 Å². The van der Waals surface area contributed by atoms with Gasteiger partial charge >= 0.3 is 5.97 Å². The van der Waals surface area contributed by atoms with Gasteiger partial charge in [-0.2, -0.15) is 0 Å². The molecule has 1 heterocycles. The lowest BCUT2D eigenvalue weighted by atomic mass is 9.89. The smallest absolute Gasteiger partial charge is 0.319 e. The predicted molar refractivity (Wildman–Crippen MR) is 104 cm³/mol. The highest BCUT2D eigenvalue weighted by atomic mass is 28.4. The van der Waals surface area contributed by atoms with E-state index in [0.717, 1.165) is 12.1 Å². The number of nitrogens with zero attached hydrogens (tertiary/aromatic N) is 1. The van der Waals surface area contributed by atoms with Gasteiger partial charge in [-0.05, 0) is 35.8 Å². The monoisotopic (exact) mass is 381 g/mol. The Morgan fingerprint density at radius 1 is 1.31 bits per heavy atom. The maximum absolute atomic E-state index is 13.7. The molecule has 0 aromatic heterocycles. The molecule has 1 fully saturated rings. The lowest BCUT2D eigenvalue weighted by Crippen LogP contribution is -2.42. The van der Waals surface area contributed by atoms with Crippen LogP contribution in [-0.2, 0) is 14.0 Å². The second-order valence-electron chi connectivity index (χ2n) is 8.76. The van der Waals surface area contributed by atoms with Crippen molar-refractivity contribution in [3.05, 3.63) is 35.6 Å². The Bertz CT molecular complexity index is 630. The third kappa shape index (κ3) is 5.15. The number of hydrogen-bond acceptors (Lipinski definition) is 4. The summed E-state index contributed by atoms with van der Waals surface area (Å²) in [5.41, 5.74) is 0.973. The molecule has 1 aliphatic rings. The molecule has 0 radical (unpaired) electrons. The molecule has 1 aromatic carbocycles. The van der Waals surface area contributed by atoms with E-state index in [-0.39, 0.29) is 35.2 Å². The van der Waals surface area contributed by atoms with Crippen LogP contribution >= 0.6 is 0 Å². The van der Waals surface area contributed by atoms with E-state index in [2.05, 4.69) is 38.8 Å². The molecule has 0 N–H and O–H groups in total. The minimum Gasteiger partial charge on any atom is -0.468 e. The zero-order valence-corrected chi connectivity index (χ0v) is 17.8. The topological polar surface area (TPSA) is 38.8 Å². The van der Waals surface area contributed by atoms with Crippen molar-refractivity contribution in [2.24, 2.45) is 5.92 Å². The van der Waals surface area contributed by atoms with Crippen molar-refractivity contribution in [1.29, 1.82) is 0 Å². The average Bonchev–Trinajstić information content (AvgIpc) is 2.94. The van der Waals surface area contributed by atoms with Crippen molar-refractivity contribution in [2.45, 2.75) is 44.8 Å². The van der Waals surface area contributed by atoms with Crippen LogP contribution in [0.5, 0.6) is 0 Å². The Morgan fingerprint density at radius 2 is 2.00 bits per heavy atom. The highest BCUT2D eigenvalue weighted by Gasteiger charge is 2.40. The lowest BCUT2D eigenvalue weighted by Gasteiger charge is -2.37. The van der Waals surface area contributed by atoms with Crippen LogP contribution in [0.15, 0.2) is 24.3 Å². The number of halogens is 1. The number of hydrogen-bond donors (Lipinski definition) is 0. The van der Waals surface area contributed by atoms with E-state index in [9.17, 15) is 9.18 Å². The molecule has 0 bridgehead atoms. The van der Waals surface area contributed by atoms with Crippen LogP contribution in [0.25, 0.3) is 0 Å². The maximum Gasteiger partial charge on any atom is 0.319 e. The summed E-state index contributed by atoms with van der Waals surface area (Å²) in [5, 5.41) is 0.145. The van der Waals surface area contributed by atoms with Gasteiger partial charge < -0.3 is 9.16 Å². The van der Waals surface area contributed by atoms with E-state index in [1.165, 1.54) is 13.2 Å². The molecule has 0 aliphatic carbocycles. The summed E-state index contributed by atoms with van der Waals surface area (Å²) in [7, 11) is -0.456. The molecule has 146 valence electrons. The summed E-state index contributed by atoms with van der Waals surface area (Å²) < 4.78 is 25.0. The summed E-state index contributed by atoms with van der Waals surface area (Å²) >= 11 is 0. The van der Waals surface area contributed by atoms with Gasteiger partial charge in [-0.15, -0.1) is 0 Å². The molecule has 0 amide bonds. The van der Waals surface area contributed by atoms with Crippen molar-refractivity contribution in [2.75, 3.05) is 33.4 Å². The first kappa shape index (κ1) is 21.1. The van der Waals surface area contributed by atoms with Gasteiger partial charge in [0.2, 0.25) is 0 Å². The number of methoxy groups -OCH3 is 1. The first-order valence-electron chi connectivity index (χ1n) is 9.22. The highest BCUT2D eigenvalue weighted by molar-refractivity contribution is 6.74. The van der Waals surface area contributed by atoms with Crippen LogP contribution in [0.2, 0.25) is 18.1 Å². The first-order chi connectivity index (χ1) is 12.0. The van der Waals surface area contributed by atoms with Crippen molar-refractivity contribution < 1.29 is 18.3 Å². The SMILES string of the molecule is COC(=O)CN1C[C@H](CO[Si](C)(C)C(C)(C)C)[C@@H](c2cccc(F)c2)C1. The van der Waals surface area contributed by atoms with Gasteiger partial charge in [0.1, 0.15) is 5.82 Å². The zero-order chi connectivity index (χ0) is 19.5. The van der Waals surface area contributed by atoms with Crippen molar-refractivity contribution in [3.63, 3.8) is 0 Å². The van der Waals surface area contributed by atoms with Gasteiger partial charge in [0.15, 0.2) is 8.32 Å². The van der Waals surface area contributed by atoms with Crippen molar-refractivity contribution >= 4 is 14.3 Å². The average molecular weight is 382 g/mol. The molecule has 6 heteroatoms. The summed E-state index contributed by atoms with van der Waals surface area (Å²) in [4.78, 5) is 13.8. The standard InChI is InChI=1S/C20H32FNO3Si/c1-20(2,3)26(5,6)25-14-16-11-22(13-19(23)24-4)12-18(16)15-8-7-9-17(21)10-15/h7-10,16,18H,11-14H2,1-6H3/t16-,18-/m1/s1. The number of esters is 1. The Balaban J connectivity index is 2.15. The number of likely N-dealkylation sites (tertiary alicyclic amines) is 1. The number of carbonyl (C=O) groups is 1. The second-order valence-corrected chi connectivity index (χ2v) is 13.6. The third-order valence-corrected chi connectivity index (χ3v) is 10.3. The van der Waals surface area contributed by atoms with Crippen LogP contribution < -0.4 is 0 Å². The fraction of sp³-hybridized carbons (Fsp3) is 0.650. The normalized spacial score (nSPS) is 21.8.